The number of alkyl halides is 2. The highest BCUT2D eigenvalue weighted by Gasteiger charge is 2.14. The molecule has 0 bridgehead atoms. The zero-order chi connectivity index (χ0) is 18.2. The first-order valence-electron chi connectivity index (χ1n) is 7.29. The Hall–Kier alpha value is -2.90. The second-order valence-electron chi connectivity index (χ2n) is 4.78. The fourth-order valence-corrected chi connectivity index (χ4v) is 1.99. The van der Waals surface area contributed by atoms with E-state index < -0.39 is 18.3 Å². The van der Waals surface area contributed by atoms with Crippen LogP contribution in [0.3, 0.4) is 0 Å². The number of carbonyl (C=O) groups excluding carboxylic acids is 1. The number of rotatable bonds is 8. The molecule has 0 unspecified atom stereocenters. The maximum absolute atomic E-state index is 13.4. The van der Waals surface area contributed by atoms with Crippen molar-refractivity contribution in [2.45, 2.75) is 6.61 Å². The van der Waals surface area contributed by atoms with Crippen LogP contribution in [0.4, 0.5) is 13.2 Å². The fourth-order valence-electron chi connectivity index (χ4n) is 1.99. The lowest BCUT2D eigenvalue weighted by molar-refractivity contribution is -0.0512. The summed E-state index contributed by atoms with van der Waals surface area (Å²) in [7, 11) is 1.28. The van der Waals surface area contributed by atoms with Crippen LogP contribution in [0, 0.1) is 5.82 Å². The zero-order valence-electron chi connectivity index (χ0n) is 13.3. The third-order valence-corrected chi connectivity index (χ3v) is 3.12. The number of ether oxygens (including phenoxy) is 3. The fraction of sp³-hybridized carbons (Fsp3) is 0.235. The van der Waals surface area contributed by atoms with E-state index in [0.717, 1.165) is 0 Å². The number of amides is 1. The quantitative estimate of drug-likeness (QED) is 0.739. The second kappa shape index (κ2) is 8.81. The summed E-state index contributed by atoms with van der Waals surface area (Å²) in [4.78, 5) is 12.0. The molecule has 0 atom stereocenters. The van der Waals surface area contributed by atoms with Crippen LogP contribution in [0.25, 0.3) is 0 Å². The molecule has 0 aliphatic rings. The Labute approximate surface area is 142 Å². The first kappa shape index (κ1) is 18.4. The van der Waals surface area contributed by atoms with Gasteiger partial charge in [-0.05, 0) is 30.3 Å². The monoisotopic (exact) mass is 355 g/mol. The van der Waals surface area contributed by atoms with Gasteiger partial charge >= 0.3 is 6.61 Å². The van der Waals surface area contributed by atoms with Crippen LogP contribution in [-0.2, 0) is 0 Å². The van der Waals surface area contributed by atoms with Crippen molar-refractivity contribution in [3.8, 4) is 17.2 Å². The van der Waals surface area contributed by atoms with E-state index in [-0.39, 0.29) is 36.0 Å². The lowest BCUT2D eigenvalue weighted by Crippen LogP contribution is -2.28. The Morgan fingerprint density at radius 2 is 1.88 bits per heavy atom. The predicted molar refractivity (Wildman–Crippen MR) is 83.9 cm³/mol. The minimum atomic E-state index is -3.00. The molecule has 2 aromatic rings. The summed E-state index contributed by atoms with van der Waals surface area (Å²) in [6.45, 7) is -2.80. The van der Waals surface area contributed by atoms with E-state index in [4.69, 9.17) is 9.47 Å². The maximum Gasteiger partial charge on any atom is 0.387 e. The maximum atomic E-state index is 13.4. The lowest BCUT2D eigenvalue weighted by Gasteiger charge is -2.12. The SMILES string of the molecule is COc1cc(C(=O)NCCOc2ccccc2F)ccc1OC(F)F. The lowest BCUT2D eigenvalue weighted by atomic mass is 10.2. The van der Waals surface area contributed by atoms with Gasteiger partial charge in [0.15, 0.2) is 23.1 Å². The van der Waals surface area contributed by atoms with E-state index in [2.05, 4.69) is 10.1 Å². The van der Waals surface area contributed by atoms with Gasteiger partial charge in [-0.25, -0.2) is 4.39 Å². The van der Waals surface area contributed by atoms with Crippen molar-refractivity contribution in [2.75, 3.05) is 20.3 Å². The average Bonchev–Trinajstić information content (AvgIpc) is 2.59. The van der Waals surface area contributed by atoms with Crippen LogP contribution >= 0.6 is 0 Å². The molecule has 0 aromatic heterocycles. The Morgan fingerprint density at radius 1 is 1.12 bits per heavy atom. The van der Waals surface area contributed by atoms with Crippen LogP contribution in [0.2, 0.25) is 0 Å². The van der Waals surface area contributed by atoms with Gasteiger partial charge in [0.25, 0.3) is 5.91 Å². The van der Waals surface area contributed by atoms with E-state index in [1.165, 1.54) is 37.4 Å². The smallest absolute Gasteiger partial charge is 0.387 e. The molecule has 0 heterocycles. The van der Waals surface area contributed by atoms with E-state index >= 15 is 0 Å². The normalized spacial score (nSPS) is 10.4. The molecule has 0 spiro atoms. The molecular formula is C17H16F3NO4. The van der Waals surface area contributed by atoms with E-state index in [1.54, 1.807) is 12.1 Å². The number of benzene rings is 2. The number of nitrogens with one attached hydrogen (secondary N) is 1. The highest BCUT2D eigenvalue weighted by molar-refractivity contribution is 5.94. The molecule has 0 saturated heterocycles. The van der Waals surface area contributed by atoms with E-state index in [9.17, 15) is 18.0 Å². The summed E-state index contributed by atoms with van der Waals surface area (Å²) in [6, 6.07) is 9.74. The van der Waals surface area contributed by atoms with Gasteiger partial charge in [0.1, 0.15) is 6.61 Å². The largest absolute Gasteiger partial charge is 0.493 e. The number of carbonyl (C=O) groups is 1. The molecule has 5 nitrogen and oxygen atoms in total. The van der Waals surface area contributed by atoms with Crippen molar-refractivity contribution in [1.82, 2.24) is 5.32 Å². The van der Waals surface area contributed by atoms with Crippen molar-refractivity contribution in [2.24, 2.45) is 0 Å². The molecule has 0 aliphatic heterocycles. The number of methoxy groups -OCH3 is 1. The standard InChI is InChI=1S/C17H16F3NO4/c1-23-15-10-11(6-7-14(15)25-17(19)20)16(22)21-8-9-24-13-5-3-2-4-12(13)18/h2-7,10,17H,8-9H2,1H3,(H,21,22). The minimum Gasteiger partial charge on any atom is -0.493 e. The van der Waals surface area contributed by atoms with Crippen LogP contribution in [0.1, 0.15) is 10.4 Å². The molecule has 0 aliphatic carbocycles. The molecule has 8 heteroatoms. The van der Waals surface area contributed by atoms with Crippen molar-refractivity contribution >= 4 is 5.91 Å². The summed E-state index contributed by atoms with van der Waals surface area (Å²) < 4.78 is 52.3. The van der Waals surface area contributed by atoms with Crippen LogP contribution in [0.15, 0.2) is 42.5 Å². The Balaban J connectivity index is 1.89. The highest BCUT2D eigenvalue weighted by atomic mass is 19.3. The van der Waals surface area contributed by atoms with Crippen LogP contribution < -0.4 is 19.5 Å². The molecule has 2 aromatic carbocycles. The van der Waals surface area contributed by atoms with Gasteiger partial charge in [-0.1, -0.05) is 12.1 Å². The van der Waals surface area contributed by atoms with Crippen LogP contribution in [-0.4, -0.2) is 32.8 Å². The van der Waals surface area contributed by atoms with Gasteiger partial charge in [-0.15, -0.1) is 0 Å². The topological polar surface area (TPSA) is 56.8 Å². The molecule has 1 amide bonds. The third kappa shape index (κ3) is 5.30. The Kier molecular flexibility index (Phi) is 6.50. The predicted octanol–water partition coefficient (Wildman–Crippen LogP) is 3.24. The van der Waals surface area contributed by atoms with Gasteiger partial charge < -0.3 is 19.5 Å². The zero-order valence-corrected chi connectivity index (χ0v) is 13.3. The number of hydrogen-bond acceptors (Lipinski definition) is 4. The first-order valence-corrected chi connectivity index (χ1v) is 7.29. The molecule has 0 fully saturated rings. The molecule has 25 heavy (non-hydrogen) atoms. The average molecular weight is 355 g/mol. The van der Waals surface area contributed by atoms with Gasteiger partial charge in [0.05, 0.1) is 13.7 Å². The van der Waals surface area contributed by atoms with Gasteiger partial charge in [0.2, 0.25) is 0 Å². The molecular weight excluding hydrogens is 339 g/mol. The summed E-state index contributed by atoms with van der Waals surface area (Å²) in [5.74, 6) is -1.02. The summed E-state index contributed by atoms with van der Waals surface area (Å²) in [5.41, 5.74) is 0.198. The summed E-state index contributed by atoms with van der Waals surface area (Å²) in [6.07, 6.45) is 0. The van der Waals surface area contributed by atoms with E-state index in [0.29, 0.717) is 0 Å². The number of para-hydroxylation sites is 1. The highest BCUT2D eigenvalue weighted by Crippen LogP contribution is 2.29. The number of hydrogen-bond donors (Lipinski definition) is 1. The van der Waals surface area contributed by atoms with Crippen molar-refractivity contribution in [3.63, 3.8) is 0 Å². The van der Waals surface area contributed by atoms with Crippen molar-refractivity contribution < 1.29 is 32.2 Å². The Morgan fingerprint density at radius 3 is 2.56 bits per heavy atom. The van der Waals surface area contributed by atoms with Gasteiger partial charge in [0, 0.05) is 5.56 Å². The van der Waals surface area contributed by atoms with Gasteiger partial charge in [-0.2, -0.15) is 8.78 Å². The molecule has 2 rings (SSSR count). The molecule has 134 valence electrons. The number of halogens is 3. The van der Waals surface area contributed by atoms with Crippen molar-refractivity contribution in [3.05, 3.63) is 53.8 Å². The van der Waals surface area contributed by atoms with Gasteiger partial charge in [-0.3, -0.25) is 4.79 Å². The molecule has 0 radical (unpaired) electrons. The van der Waals surface area contributed by atoms with Crippen molar-refractivity contribution in [1.29, 1.82) is 0 Å². The Bertz CT molecular complexity index is 725. The summed E-state index contributed by atoms with van der Waals surface area (Å²) >= 11 is 0. The van der Waals surface area contributed by atoms with E-state index in [1.807, 2.05) is 0 Å². The summed E-state index contributed by atoms with van der Waals surface area (Å²) in [5, 5.41) is 2.57. The molecule has 1 N–H and O–H groups in total. The minimum absolute atomic E-state index is 0.00977. The first-order chi connectivity index (χ1) is 12.0. The second-order valence-corrected chi connectivity index (χ2v) is 4.78. The van der Waals surface area contributed by atoms with Crippen LogP contribution in [0.5, 0.6) is 17.2 Å². The third-order valence-electron chi connectivity index (χ3n) is 3.12. The molecule has 0 saturated carbocycles.